The van der Waals surface area contributed by atoms with Crippen molar-refractivity contribution < 1.29 is 13.7 Å². The third-order valence-corrected chi connectivity index (χ3v) is 7.98. The van der Waals surface area contributed by atoms with E-state index in [4.69, 9.17) is 4.74 Å². The van der Waals surface area contributed by atoms with Crippen molar-refractivity contribution >= 4 is 34.9 Å². The molecule has 1 aliphatic rings. The zero-order valence-corrected chi connectivity index (χ0v) is 21.3. The molecule has 2 aromatic heterocycles. The first kappa shape index (κ1) is 23.6. The number of hydrogen-bond acceptors (Lipinski definition) is 5. The minimum Gasteiger partial charge on any atom is -0.489 e. The van der Waals surface area contributed by atoms with E-state index in [0.29, 0.717) is 5.69 Å². The summed E-state index contributed by atoms with van der Waals surface area (Å²) in [4.78, 5) is 10.2. The number of aryl methyl sites for hydroxylation is 1. The van der Waals surface area contributed by atoms with E-state index < -0.39 is 13.0 Å². The summed E-state index contributed by atoms with van der Waals surface area (Å²) in [5, 5.41) is 4.46. The first-order valence-corrected chi connectivity index (χ1v) is 14.3. The Labute approximate surface area is 204 Å². The van der Waals surface area contributed by atoms with Gasteiger partial charge < -0.3 is 24.5 Å². The van der Waals surface area contributed by atoms with Crippen molar-refractivity contribution in [3.63, 3.8) is 0 Å². The molecule has 0 saturated carbocycles. The number of fused-ring (bicyclic) bond motifs is 1. The van der Waals surface area contributed by atoms with E-state index in [1.165, 1.54) is 6.07 Å². The van der Waals surface area contributed by atoms with Gasteiger partial charge in [0.05, 0.1) is 16.7 Å². The number of nitrogens with one attached hydrogen (secondary N) is 2. The number of hydrogen-bond donors (Lipinski definition) is 2. The van der Waals surface area contributed by atoms with Gasteiger partial charge in [-0.3, -0.25) is 0 Å². The molecule has 3 heterocycles. The van der Waals surface area contributed by atoms with Gasteiger partial charge in [0.2, 0.25) is 0 Å². The SMILES string of the molecule is Cc1cnc2[nH]c(-c3ccc(O[C@@H]4CCN(C)C4)cc3)cc2c1Nc1cccc(F)c1P(C)(C)=O. The molecule has 1 aliphatic heterocycles. The second kappa shape index (κ2) is 9.14. The Balaban J connectivity index is 1.46. The molecule has 0 spiro atoms. The molecule has 1 saturated heterocycles. The highest BCUT2D eigenvalue weighted by Gasteiger charge is 2.23. The fraction of sp³-hybridized carbons (Fsp3) is 0.296. The van der Waals surface area contributed by atoms with Crippen molar-refractivity contribution in [2.45, 2.75) is 19.4 Å². The van der Waals surface area contributed by atoms with E-state index in [9.17, 15) is 8.96 Å². The van der Waals surface area contributed by atoms with Gasteiger partial charge in [0.25, 0.3) is 0 Å². The average molecular weight is 493 g/mol. The third kappa shape index (κ3) is 4.84. The maximum Gasteiger partial charge on any atom is 0.139 e. The molecule has 0 aliphatic carbocycles. The molecular weight excluding hydrogens is 462 g/mol. The van der Waals surface area contributed by atoms with Gasteiger partial charge in [0.1, 0.15) is 30.5 Å². The van der Waals surface area contributed by atoms with E-state index in [1.54, 1.807) is 31.7 Å². The Morgan fingerprint density at radius 3 is 2.66 bits per heavy atom. The Kier molecular flexibility index (Phi) is 6.16. The standard InChI is InChI=1S/C27H30FN4O2P/c1-17-15-29-27-21(25(17)30-23-7-5-6-22(28)26(23)35(3,4)33)14-24(31-27)18-8-10-19(11-9-18)34-20-12-13-32(2)16-20/h5-11,14-15,20H,12-13,16H2,1-4H3,(H2,29,30,31)/t20-/m1/s1. The van der Waals surface area contributed by atoms with E-state index in [-0.39, 0.29) is 11.4 Å². The zero-order chi connectivity index (χ0) is 24.7. The number of ether oxygens (including phenoxy) is 1. The number of benzene rings is 2. The predicted octanol–water partition coefficient (Wildman–Crippen LogP) is 5.75. The lowest BCUT2D eigenvalue weighted by atomic mass is 10.1. The van der Waals surface area contributed by atoms with Gasteiger partial charge in [-0.2, -0.15) is 0 Å². The van der Waals surface area contributed by atoms with Crippen LogP contribution in [-0.4, -0.2) is 54.4 Å². The molecule has 0 unspecified atom stereocenters. The first-order chi connectivity index (χ1) is 16.7. The van der Waals surface area contributed by atoms with Crippen molar-refractivity contribution in [3.8, 4) is 17.0 Å². The summed E-state index contributed by atoms with van der Waals surface area (Å²) in [5.41, 5.74) is 4.88. The lowest BCUT2D eigenvalue weighted by Crippen LogP contribution is -2.21. The van der Waals surface area contributed by atoms with Gasteiger partial charge >= 0.3 is 0 Å². The maximum absolute atomic E-state index is 14.6. The first-order valence-electron chi connectivity index (χ1n) is 11.7. The fourth-order valence-corrected chi connectivity index (χ4v) is 5.99. The van der Waals surface area contributed by atoms with Gasteiger partial charge in [-0.1, -0.05) is 6.07 Å². The molecule has 0 radical (unpaired) electrons. The number of aromatic nitrogens is 2. The highest BCUT2D eigenvalue weighted by atomic mass is 31.2. The van der Waals surface area contributed by atoms with Gasteiger partial charge in [-0.25, -0.2) is 9.37 Å². The molecule has 8 heteroatoms. The molecule has 4 aromatic rings. The summed E-state index contributed by atoms with van der Waals surface area (Å²) in [6, 6.07) is 14.8. The summed E-state index contributed by atoms with van der Waals surface area (Å²) < 4.78 is 33.6. The molecule has 35 heavy (non-hydrogen) atoms. The Hall–Kier alpha value is -3.15. The number of aromatic amines is 1. The molecule has 6 nitrogen and oxygen atoms in total. The van der Waals surface area contributed by atoms with E-state index >= 15 is 0 Å². The van der Waals surface area contributed by atoms with Gasteiger partial charge in [-0.15, -0.1) is 0 Å². The van der Waals surface area contributed by atoms with Gasteiger partial charge in [0, 0.05) is 30.4 Å². The Bertz CT molecular complexity index is 1430. The van der Waals surface area contributed by atoms with Crippen LogP contribution in [0, 0.1) is 12.7 Å². The fourth-order valence-electron chi connectivity index (χ4n) is 4.69. The Morgan fingerprint density at radius 2 is 1.97 bits per heavy atom. The van der Waals surface area contributed by atoms with Crippen LogP contribution in [0.25, 0.3) is 22.3 Å². The summed E-state index contributed by atoms with van der Waals surface area (Å²) in [5.74, 6) is 0.399. The van der Waals surface area contributed by atoms with Gasteiger partial charge in [-0.05, 0) is 87.3 Å². The summed E-state index contributed by atoms with van der Waals surface area (Å²) in [6.45, 7) is 7.12. The van der Waals surface area contributed by atoms with Crippen LogP contribution in [0.3, 0.4) is 0 Å². The molecule has 5 rings (SSSR count). The molecule has 1 atom stereocenters. The van der Waals surface area contributed by atoms with Crippen LogP contribution in [-0.2, 0) is 4.57 Å². The molecule has 182 valence electrons. The zero-order valence-electron chi connectivity index (χ0n) is 20.4. The molecule has 1 fully saturated rings. The lowest BCUT2D eigenvalue weighted by molar-refractivity contribution is 0.208. The van der Waals surface area contributed by atoms with Crippen LogP contribution in [0.4, 0.5) is 15.8 Å². The highest BCUT2D eigenvalue weighted by molar-refractivity contribution is 7.70. The molecule has 2 aromatic carbocycles. The van der Waals surface area contributed by atoms with Crippen LogP contribution in [0.15, 0.2) is 54.7 Å². The smallest absolute Gasteiger partial charge is 0.139 e. The minimum absolute atomic E-state index is 0.226. The number of H-pyrrole nitrogens is 1. The number of halogens is 1. The highest BCUT2D eigenvalue weighted by Crippen LogP contribution is 2.41. The van der Waals surface area contributed by atoms with Crippen molar-refractivity contribution in [3.05, 3.63) is 66.1 Å². The second-order valence-corrected chi connectivity index (χ2v) is 12.8. The summed E-state index contributed by atoms with van der Waals surface area (Å²) >= 11 is 0. The normalized spacial score (nSPS) is 16.7. The van der Waals surface area contributed by atoms with Crippen LogP contribution >= 0.6 is 7.14 Å². The van der Waals surface area contributed by atoms with Crippen LogP contribution in [0.2, 0.25) is 0 Å². The molecule has 2 N–H and O–H groups in total. The van der Waals surface area contributed by atoms with Crippen molar-refractivity contribution in [2.24, 2.45) is 0 Å². The molecular formula is C27H30FN4O2P. The van der Waals surface area contributed by atoms with E-state index in [1.807, 2.05) is 37.3 Å². The summed E-state index contributed by atoms with van der Waals surface area (Å²) in [7, 11) is -0.733. The number of likely N-dealkylation sites (tertiary alicyclic amines) is 1. The third-order valence-electron chi connectivity index (χ3n) is 6.45. The maximum atomic E-state index is 14.6. The number of nitrogens with zero attached hydrogens (tertiary/aromatic N) is 2. The predicted molar refractivity (Wildman–Crippen MR) is 142 cm³/mol. The number of anilines is 2. The van der Waals surface area contributed by atoms with Crippen LogP contribution in [0.1, 0.15) is 12.0 Å². The lowest BCUT2D eigenvalue weighted by Gasteiger charge is -2.17. The topological polar surface area (TPSA) is 70.2 Å². The Morgan fingerprint density at radius 1 is 1.20 bits per heavy atom. The molecule has 0 amide bonds. The van der Waals surface area contributed by atoms with Crippen LogP contribution in [0.5, 0.6) is 5.75 Å². The monoisotopic (exact) mass is 492 g/mol. The van der Waals surface area contributed by atoms with E-state index in [0.717, 1.165) is 58.8 Å². The van der Waals surface area contributed by atoms with Crippen molar-refractivity contribution in [1.82, 2.24) is 14.9 Å². The number of likely N-dealkylation sites (N-methyl/N-ethyl adjacent to an activating group) is 1. The number of pyridine rings is 1. The quantitative estimate of drug-likeness (QED) is 0.335. The number of rotatable bonds is 6. The second-order valence-electron chi connectivity index (χ2n) is 9.69. The average Bonchev–Trinajstić information content (AvgIpc) is 3.41. The van der Waals surface area contributed by atoms with Gasteiger partial charge in [0.15, 0.2) is 0 Å². The van der Waals surface area contributed by atoms with Crippen molar-refractivity contribution in [1.29, 1.82) is 0 Å². The van der Waals surface area contributed by atoms with Crippen molar-refractivity contribution in [2.75, 3.05) is 38.8 Å². The largest absolute Gasteiger partial charge is 0.489 e. The van der Waals surface area contributed by atoms with Crippen LogP contribution < -0.4 is 15.4 Å². The summed E-state index contributed by atoms with van der Waals surface area (Å²) in [6.07, 6.45) is 3.05. The minimum atomic E-state index is -2.84. The molecule has 0 bridgehead atoms. The van der Waals surface area contributed by atoms with E-state index in [2.05, 4.69) is 27.2 Å².